The summed E-state index contributed by atoms with van der Waals surface area (Å²) in [4.78, 5) is 21.8. The molecule has 0 aliphatic carbocycles. The molecule has 2 aromatic carbocycles. The summed E-state index contributed by atoms with van der Waals surface area (Å²) >= 11 is 1.36. The van der Waals surface area contributed by atoms with E-state index in [1.165, 1.54) is 23.5 Å². The minimum atomic E-state index is -0.270. The number of carbonyl (C=O) groups excluding carboxylic acids is 1. The normalized spacial score (nSPS) is 10.6. The van der Waals surface area contributed by atoms with Gasteiger partial charge in [0.15, 0.2) is 5.13 Å². The maximum atomic E-state index is 13.3. The van der Waals surface area contributed by atoms with Gasteiger partial charge in [-0.1, -0.05) is 24.3 Å². The summed E-state index contributed by atoms with van der Waals surface area (Å²) < 4.78 is 19.1. The molecule has 0 bridgehead atoms. The van der Waals surface area contributed by atoms with Crippen molar-refractivity contribution < 1.29 is 13.9 Å². The first kappa shape index (κ1) is 19.7. The Balaban J connectivity index is 1.37. The largest absolute Gasteiger partial charge is 0.489 e. The van der Waals surface area contributed by atoms with Crippen LogP contribution in [-0.4, -0.2) is 15.9 Å². The average molecular weight is 419 g/mol. The van der Waals surface area contributed by atoms with Crippen LogP contribution in [0.15, 0.2) is 79.3 Å². The molecule has 0 saturated carbocycles. The summed E-state index contributed by atoms with van der Waals surface area (Å²) in [6, 6.07) is 17.2. The molecule has 4 aromatic rings. The first-order chi connectivity index (χ1) is 14.7. The van der Waals surface area contributed by atoms with E-state index < -0.39 is 0 Å². The van der Waals surface area contributed by atoms with Gasteiger partial charge < -0.3 is 4.74 Å². The van der Waals surface area contributed by atoms with Crippen molar-refractivity contribution in [2.75, 3.05) is 5.32 Å². The Hall–Kier alpha value is -3.58. The zero-order valence-electron chi connectivity index (χ0n) is 15.9. The monoisotopic (exact) mass is 419 g/mol. The van der Waals surface area contributed by atoms with Gasteiger partial charge in [-0.2, -0.15) is 0 Å². The van der Waals surface area contributed by atoms with Crippen LogP contribution in [0.1, 0.15) is 26.4 Å². The molecule has 0 aliphatic rings. The second-order valence-electron chi connectivity index (χ2n) is 6.57. The highest BCUT2D eigenvalue weighted by molar-refractivity contribution is 7.15. The lowest BCUT2D eigenvalue weighted by Gasteiger charge is -2.08. The molecule has 0 saturated heterocycles. The third-order valence-corrected chi connectivity index (χ3v) is 5.18. The maximum Gasteiger partial charge on any atom is 0.257 e. The maximum absolute atomic E-state index is 13.3. The summed E-state index contributed by atoms with van der Waals surface area (Å²) in [6.07, 6.45) is 5.69. The van der Waals surface area contributed by atoms with Crippen molar-refractivity contribution in [3.05, 3.63) is 107 Å². The number of thiazole rings is 1. The molecule has 0 radical (unpaired) electrons. The fraction of sp³-hybridized carbons (Fsp3) is 0.0870. The van der Waals surface area contributed by atoms with Gasteiger partial charge in [-0.3, -0.25) is 15.1 Å². The molecule has 1 N–H and O–H groups in total. The highest BCUT2D eigenvalue weighted by atomic mass is 32.1. The molecule has 0 aliphatic heterocycles. The van der Waals surface area contributed by atoms with Crippen LogP contribution in [0.4, 0.5) is 9.52 Å². The second-order valence-corrected chi connectivity index (χ2v) is 7.69. The van der Waals surface area contributed by atoms with E-state index in [0.717, 1.165) is 16.0 Å². The number of halogens is 1. The summed E-state index contributed by atoms with van der Waals surface area (Å²) in [7, 11) is 0. The summed E-state index contributed by atoms with van der Waals surface area (Å²) in [5, 5.41) is 3.30. The Labute approximate surface area is 177 Å². The first-order valence-electron chi connectivity index (χ1n) is 9.28. The number of benzene rings is 2. The van der Waals surface area contributed by atoms with E-state index in [-0.39, 0.29) is 11.7 Å². The molecule has 30 heavy (non-hydrogen) atoms. The number of ether oxygens (including phenoxy) is 1. The number of carbonyl (C=O) groups is 1. The molecule has 0 unspecified atom stereocenters. The van der Waals surface area contributed by atoms with Gasteiger partial charge in [-0.25, -0.2) is 9.37 Å². The number of nitrogens with one attached hydrogen (secondary N) is 1. The van der Waals surface area contributed by atoms with Gasteiger partial charge in [-0.05, 0) is 42.0 Å². The molecule has 0 fully saturated rings. The van der Waals surface area contributed by atoms with Crippen LogP contribution in [0.5, 0.6) is 5.75 Å². The van der Waals surface area contributed by atoms with E-state index in [0.29, 0.717) is 29.5 Å². The Bertz CT molecular complexity index is 1150. The smallest absolute Gasteiger partial charge is 0.257 e. The standard InChI is InChI=1S/C23H18FN3O2S/c24-19-7-1-4-16(10-19)11-21-14-26-23(30-21)27-22(28)18-6-2-8-20(12-18)29-15-17-5-3-9-25-13-17/h1-10,12-14H,11,15H2,(H,26,27,28). The quantitative estimate of drug-likeness (QED) is 0.453. The molecule has 7 heteroatoms. The molecule has 2 heterocycles. The number of pyridine rings is 1. The van der Waals surface area contributed by atoms with Crippen LogP contribution >= 0.6 is 11.3 Å². The number of aromatic nitrogens is 2. The lowest BCUT2D eigenvalue weighted by Crippen LogP contribution is -2.11. The molecule has 5 nitrogen and oxygen atoms in total. The number of rotatable bonds is 7. The van der Waals surface area contributed by atoms with E-state index in [2.05, 4.69) is 15.3 Å². The van der Waals surface area contributed by atoms with Crippen molar-refractivity contribution in [1.82, 2.24) is 9.97 Å². The molecular weight excluding hydrogens is 401 g/mol. The SMILES string of the molecule is O=C(Nc1ncc(Cc2cccc(F)c2)s1)c1cccc(OCc2cccnc2)c1. The highest BCUT2D eigenvalue weighted by Gasteiger charge is 2.11. The Morgan fingerprint density at radius 2 is 1.90 bits per heavy atom. The second kappa shape index (κ2) is 9.28. The zero-order valence-corrected chi connectivity index (χ0v) is 16.7. The van der Waals surface area contributed by atoms with E-state index >= 15 is 0 Å². The van der Waals surface area contributed by atoms with Gasteiger partial charge in [-0.15, -0.1) is 11.3 Å². The predicted octanol–water partition coefficient (Wildman–Crippen LogP) is 5.10. The lowest BCUT2D eigenvalue weighted by atomic mass is 10.1. The highest BCUT2D eigenvalue weighted by Crippen LogP contribution is 2.23. The van der Waals surface area contributed by atoms with Crippen LogP contribution < -0.4 is 10.1 Å². The minimum absolute atomic E-state index is 0.267. The zero-order chi connectivity index (χ0) is 20.8. The molecule has 0 spiro atoms. The van der Waals surface area contributed by atoms with E-state index in [9.17, 15) is 9.18 Å². The van der Waals surface area contributed by atoms with Crippen LogP contribution in [0.2, 0.25) is 0 Å². The van der Waals surface area contributed by atoms with Gasteiger partial charge in [0.25, 0.3) is 5.91 Å². The van der Waals surface area contributed by atoms with Gasteiger partial charge >= 0.3 is 0 Å². The fourth-order valence-corrected chi connectivity index (χ4v) is 3.68. The topological polar surface area (TPSA) is 64.1 Å². The van der Waals surface area contributed by atoms with E-state index in [4.69, 9.17) is 4.74 Å². The number of anilines is 1. The Morgan fingerprint density at radius 3 is 2.73 bits per heavy atom. The summed E-state index contributed by atoms with van der Waals surface area (Å²) in [5.41, 5.74) is 2.27. The van der Waals surface area contributed by atoms with Crippen molar-refractivity contribution in [1.29, 1.82) is 0 Å². The van der Waals surface area contributed by atoms with Gasteiger partial charge in [0.05, 0.1) is 0 Å². The van der Waals surface area contributed by atoms with Gasteiger partial charge in [0, 0.05) is 41.0 Å². The van der Waals surface area contributed by atoms with Crippen molar-refractivity contribution in [2.24, 2.45) is 0 Å². The third kappa shape index (κ3) is 5.27. The predicted molar refractivity (Wildman–Crippen MR) is 114 cm³/mol. The third-order valence-electron chi connectivity index (χ3n) is 4.27. The molecular formula is C23H18FN3O2S. The van der Waals surface area contributed by atoms with Crippen LogP contribution in [-0.2, 0) is 13.0 Å². The molecule has 2 aromatic heterocycles. The Kier molecular flexibility index (Phi) is 6.10. The van der Waals surface area contributed by atoms with Crippen LogP contribution in [0, 0.1) is 5.82 Å². The van der Waals surface area contributed by atoms with Crippen molar-refractivity contribution in [3.63, 3.8) is 0 Å². The summed E-state index contributed by atoms with van der Waals surface area (Å²) in [5.74, 6) is 0.0575. The number of hydrogen-bond donors (Lipinski definition) is 1. The van der Waals surface area contributed by atoms with Gasteiger partial charge in [0.1, 0.15) is 18.2 Å². The van der Waals surface area contributed by atoms with Gasteiger partial charge in [0.2, 0.25) is 0 Å². The minimum Gasteiger partial charge on any atom is -0.489 e. The fourth-order valence-electron chi connectivity index (χ4n) is 2.84. The molecule has 0 atom stereocenters. The number of amides is 1. The van der Waals surface area contributed by atoms with E-state index in [1.54, 1.807) is 48.9 Å². The number of hydrogen-bond acceptors (Lipinski definition) is 5. The average Bonchev–Trinajstić information content (AvgIpc) is 3.20. The van der Waals surface area contributed by atoms with Crippen LogP contribution in [0.25, 0.3) is 0 Å². The first-order valence-corrected chi connectivity index (χ1v) is 10.1. The molecule has 4 rings (SSSR count). The van der Waals surface area contributed by atoms with Crippen LogP contribution in [0.3, 0.4) is 0 Å². The lowest BCUT2D eigenvalue weighted by molar-refractivity contribution is 0.102. The van der Waals surface area contributed by atoms with Crippen molar-refractivity contribution in [3.8, 4) is 5.75 Å². The molecule has 1 amide bonds. The Morgan fingerprint density at radius 1 is 1.03 bits per heavy atom. The van der Waals surface area contributed by atoms with Crippen molar-refractivity contribution in [2.45, 2.75) is 13.0 Å². The van der Waals surface area contributed by atoms with Crippen molar-refractivity contribution >= 4 is 22.4 Å². The summed E-state index contributed by atoms with van der Waals surface area (Å²) in [6.45, 7) is 0.370. The number of nitrogens with zero attached hydrogens (tertiary/aromatic N) is 2. The van der Waals surface area contributed by atoms with E-state index in [1.807, 2.05) is 18.2 Å². The molecule has 150 valence electrons.